The van der Waals surface area contributed by atoms with Crippen molar-refractivity contribution >= 4 is 11.8 Å². The maximum Gasteiger partial charge on any atom is 0.271 e. The fraction of sp³-hybridized carbons (Fsp3) is 0.722. The largest absolute Gasteiger partial charge is 0.343 e. The third-order valence-electron chi connectivity index (χ3n) is 6.34. The molecule has 4 rings (SSSR count). The molecule has 2 aliphatic heterocycles. The maximum atomic E-state index is 12.6. The quantitative estimate of drug-likeness (QED) is 0.918. The summed E-state index contributed by atoms with van der Waals surface area (Å²) in [5, 5.41) is 0. The van der Waals surface area contributed by atoms with Crippen molar-refractivity contribution in [2.75, 3.05) is 26.2 Å². The van der Waals surface area contributed by atoms with Crippen molar-refractivity contribution < 1.29 is 9.59 Å². The van der Waals surface area contributed by atoms with E-state index in [0.717, 1.165) is 45.4 Å². The number of likely N-dealkylation sites (tertiary alicyclic amines) is 2. The third kappa shape index (κ3) is 2.72. The standard InChI is InChI=1S/C18H26N4O2/c23-16(21-8-1-2-9-21)5-4-14-11-22(12-18(14)6-3-7-18)17(24)15-10-19-13-20-15/h10,13-14H,1-9,11-12H2,(H,19,20). The van der Waals surface area contributed by atoms with Gasteiger partial charge in [-0.3, -0.25) is 9.59 Å². The van der Waals surface area contributed by atoms with Crippen LogP contribution in [0.15, 0.2) is 12.5 Å². The zero-order chi connectivity index (χ0) is 16.6. The summed E-state index contributed by atoms with van der Waals surface area (Å²) >= 11 is 0. The van der Waals surface area contributed by atoms with Crippen LogP contribution < -0.4 is 0 Å². The lowest BCUT2D eigenvalue weighted by molar-refractivity contribution is -0.130. The second-order valence-electron chi connectivity index (χ2n) is 7.69. The van der Waals surface area contributed by atoms with E-state index in [2.05, 4.69) is 9.97 Å². The molecule has 1 atom stereocenters. The third-order valence-corrected chi connectivity index (χ3v) is 6.34. The molecular formula is C18H26N4O2. The Bertz CT molecular complexity index is 603. The van der Waals surface area contributed by atoms with Crippen molar-refractivity contribution in [1.29, 1.82) is 0 Å². The monoisotopic (exact) mass is 330 g/mol. The topological polar surface area (TPSA) is 69.3 Å². The number of hydrogen-bond acceptors (Lipinski definition) is 3. The molecule has 24 heavy (non-hydrogen) atoms. The van der Waals surface area contributed by atoms with E-state index in [9.17, 15) is 9.59 Å². The second-order valence-corrected chi connectivity index (χ2v) is 7.69. The minimum atomic E-state index is 0.0483. The molecule has 0 aromatic carbocycles. The molecule has 0 bridgehead atoms. The number of H-pyrrole nitrogens is 1. The highest BCUT2D eigenvalue weighted by atomic mass is 16.2. The number of carbonyl (C=O) groups is 2. The molecule has 1 aromatic heterocycles. The number of rotatable bonds is 4. The summed E-state index contributed by atoms with van der Waals surface area (Å²) in [5.41, 5.74) is 0.833. The molecule has 6 nitrogen and oxygen atoms in total. The van der Waals surface area contributed by atoms with E-state index in [1.807, 2.05) is 9.80 Å². The summed E-state index contributed by atoms with van der Waals surface area (Å²) in [6.45, 7) is 3.48. The molecule has 3 fully saturated rings. The van der Waals surface area contributed by atoms with E-state index >= 15 is 0 Å². The Morgan fingerprint density at radius 1 is 1.21 bits per heavy atom. The number of aromatic amines is 1. The SMILES string of the molecule is O=C(CCC1CN(C(=O)c2cnc[nH]2)CC12CCC2)N1CCCC1. The van der Waals surface area contributed by atoms with Crippen LogP contribution in [0.3, 0.4) is 0 Å². The molecule has 6 heteroatoms. The first-order valence-corrected chi connectivity index (χ1v) is 9.23. The predicted molar refractivity (Wildman–Crippen MR) is 89.3 cm³/mol. The molecule has 0 radical (unpaired) electrons. The van der Waals surface area contributed by atoms with Crippen molar-refractivity contribution in [1.82, 2.24) is 19.8 Å². The average Bonchev–Trinajstić information content (AvgIpc) is 3.31. The Morgan fingerprint density at radius 2 is 2.00 bits per heavy atom. The highest BCUT2D eigenvalue weighted by Gasteiger charge is 2.51. The normalized spacial score (nSPS) is 25.2. The number of hydrogen-bond donors (Lipinski definition) is 1. The van der Waals surface area contributed by atoms with Crippen LogP contribution in [0.25, 0.3) is 0 Å². The molecule has 1 spiro atoms. The van der Waals surface area contributed by atoms with E-state index in [1.54, 1.807) is 12.5 Å². The van der Waals surface area contributed by atoms with Crippen LogP contribution in [-0.4, -0.2) is 57.8 Å². The van der Waals surface area contributed by atoms with Gasteiger partial charge >= 0.3 is 0 Å². The van der Waals surface area contributed by atoms with Crippen molar-refractivity contribution in [3.05, 3.63) is 18.2 Å². The first-order valence-electron chi connectivity index (χ1n) is 9.23. The lowest BCUT2D eigenvalue weighted by Gasteiger charge is -2.43. The summed E-state index contributed by atoms with van der Waals surface area (Å²) in [4.78, 5) is 35.8. The van der Waals surface area contributed by atoms with Crippen molar-refractivity contribution in [3.63, 3.8) is 0 Å². The van der Waals surface area contributed by atoms with Crippen molar-refractivity contribution in [2.24, 2.45) is 11.3 Å². The van der Waals surface area contributed by atoms with Gasteiger partial charge < -0.3 is 14.8 Å². The first kappa shape index (κ1) is 15.7. The summed E-state index contributed by atoms with van der Waals surface area (Å²) in [7, 11) is 0. The Balaban J connectivity index is 1.39. The fourth-order valence-corrected chi connectivity index (χ4v) is 4.75. The number of imidazole rings is 1. The average molecular weight is 330 g/mol. The van der Waals surface area contributed by atoms with Crippen LogP contribution in [0, 0.1) is 11.3 Å². The van der Waals surface area contributed by atoms with E-state index in [-0.39, 0.29) is 11.3 Å². The number of nitrogens with zero attached hydrogens (tertiary/aromatic N) is 3. The van der Waals surface area contributed by atoms with E-state index in [4.69, 9.17) is 0 Å². The molecule has 1 aliphatic carbocycles. The lowest BCUT2D eigenvalue weighted by Crippen LogP contribution is -2.39. The van der Waals surface area contributed by atoms with Crippen LogP contribution in [-0.2, 0) is 4.79 Å². The van der Waals surface area contributed by atoms with Crippen molar-refractivity contribution in [3.8, 4) is 0 Å². The van der Waals surface area contributed by atoms with Gasteiger partial charge in [-0.05, 0) is 43.4 Å². The fourth-order valence-electron chi connectivity index (χ4n) is 4.75. The smallest absolute Gasteiger partial charge is 0.271 e. The number of aromatic nitrogens is 2. The summed E-state index contributed by atoms with van der Waals surface area (Å²) in [6, 6.07) is 0. The second kappa shape index (κ2) is 6.22. The van der Waals surface area contributed by atoms with Gasteiger partial charge in [0.2, 0.25) is 5.91 Å². The minimum Gasteiger partial charge on any atom is -0.343 e. The molecule has 3 heterocycles. The summed E-state index contributed by atoms with van der Waals surface area (Å²) in [6.07, 6.45) is 10.6. The molecule has 1 N–H and O–H groups in total. The van der Waals surface area contributed by atoms with Crippen LogP contribution in [0.1, 0.15) is 55.4 Å². The summed E-state index contributed by atoms with van der Waals surface area (Å²) in [5.74, 6) is 0.817. The Labute approximate surface area is 142 Å². The van der Waals surface area contributed by atoms with Crippen LogP contribution in [0.5, 0.6) is 0 Å². The van der Waals surface area contributed by atoms with Gasteiger partial charge in [-0.25, -0.2) is 4.98 Å². The van der Waals surface area contributed by atoms with Gasteiger partial charge in [-0.1, -0.05) is 6.42 Å². The highest BCUT2D eigenvalue weighted by molar-refractivity contribution is 5.92. The molecule has 3 aliphatic rings. The van der Waals surface area contributed by atoms with Gasteiger partial charge in [-0.2, -0.15) is 0 Å². The number of amides is 2. The minimum absolute atomic E-state index is 0.0483. The zero-order valence-corrected chi connectivity index (χ0v) is 14.2. The molecule has 1 unspecified atom stereocenters. The highest BCUT2D eigenvalue weighted by Crippen LogP contribution is 2.53. The maximum absolute atomic E-state index is 12.6. The predicted octanol–water partition coefficient (Wildman–Crippen LogP) is 2.05. The number of nitrogens with one attached hydrogen (secondary N) is 1. The van der Waals surface area contributed by atoms with Gasteiger partial charge in [0.25, 0.3) is 5.91 Å². The van der Waals surface area contributed by atoms with Gasteiger partial charge in [0, 0.05) is 32.6 Å². The first-order chi connectivity index (χ1) is 11.7. The van der Waals surface area contributed by atoms with Gasteiger partial charge in [0.1, 0.15) is 5.69 Å². The molecule has 2 saturated heterocycles. The van der Waals surface area contributed by atoms with Gasteiger partial charge in [0.05, 0.1) is 12.5 Å². The van der Waals surface area contributed by atoms with Crippen LogP contribution in [0.4, 0.5) is 0 Å². The van der Waals surface area contributed by atoms with E-state index < -0.39 is 0 Å². The Hall–Kier alpha value is -1.85. The molecule has 1 saturated carbocycles. The zero-order valence-electron chi connectivity index (χ0n) is 14.2. The summed E-state index contributed by atoms with van der Waals surface area (Å²) < 4.78 is 0. The van der Waals surface area contributed by atoms with Crippen LogP contribution >= 0.6 is 0 Å². The van der Waals surface area contributed by atoms with Gasteiger partial charge in [0.15, 0.2) is 0 Å². The molecule has 2 amide bonds. The lowest BCUT2D eigenvalue weighted by atomic mass is 9.62. The van der Waals surface area contributed by atoms with Crippen molar-refractivity contribution in [2.45, 2.75) is 44.9 Å². The van der Waals surface area contributed by atoms with E-state index in [0.29, 0.717) is 23.9 Å². The molecular weight excluding hydrogens is 304 g/mol. The Morgan fingerprint density at radius 3 is 2.62 bits per heavy atom. The molecule has 130 valence electrons. The van der Waals surface area contributed by atoms with E-state index in [1.165, 1.54) is 19.3 Å². The van der Waals surface area contributed by atoms with Gasteiger partial charge in [-0.15, -0.1) is 0 Å². The molecule has 1 aromatic rings. The Kier molecular flexibility index (Phi) is 4.06. The van der Waals surface area contributed by atoms with Crippen LogP contribution in [0.2, 0.25) is 0 Å². The number of carbonyl (C=O) groups excluding carboxylic acids is 2.